The number of fused-ring (bicyclic) bond motifs is 1. The largest absolute Gasteiger partial charge is 0.271 e. The van der Waals surface area contributed by atoms with Gasteiger partial charge in [-0.25, -0.2) is 5.43 Å². The van der Waals surface area contributed by atoms with Gasteiger partial charge >= 0.3 is 0 Å². The average molecular weight is 359 g/mol. The second-order valence-corrected chi connectivity index (χ2v) is 6.86. The third-order valence-corrected chi connectivity index (χ3v) is 4.54. The molecule has 1 heterocycles. The fraction of sp³-hybridized carbons (Fsp3) is 0. The summed E-state index contributed by atoms with van der Waals surface area (Å²) in [5, 5.41) is 5.96. The van der Waals surface area contributed by atoms with Gasteiger partial charge in [-0.2, -0.15) is 5.10 Å². The molecular weight excluding hydrogens is 348 g/mol. The Morgan fingerprint density at radius 1 is 1.10 bits per heavy atom. The molecule has 1 amide bonds. The number of carbonyl (C=O) groups is 1. The highest BCUT2D eigenvalue weighted by atomic mass is 79.9. The summed E-state index contributed by atoms with van der Waals surface area (Å²) >= 11 is 4.94. The van der Waals surface area contributed by atoms with E-state index in [1.807, 2.05) is 48.5 Å². The lowest BCUT2D eigenvalue weighted by Gasteiger charge is -2.04. The summed E-state index contributed by atoms with van der Waals surface area (Å²) in [5.41, 5.74) is 3.19. The fourth-order valence-electron chi connectivity index (χ4n) is 2.04. The number of hydrogen-bond acceptors (Lipinski definition) is 3. The molecule has 0 aliphatic heterocycles. The lowest BCUT2D eigenvalue weighted by Crippen LogP contribution is -2.17. The van der Waals surface area contributed by atoms with E-state index in [1.54, 1.807) is 23.6 Å². The smallest absolute Gasteiger partial charge is 0.267 e. The molecule has 0 atom stereocenters. The van der Waals surface area contributed by atoms with E-state index in [9.17, 15) is 4.79 Å². The summed E-state index contributed by atoms with van der Waals surface area (Å²) in [6.45, 7) is 0. The summed E-state index contributed by atoms with van der Waals surface area (Å²) in [5.74, 6) is -0.210. The molecule has 5 heteroatoms. The first-order valence-electron chi connectivity index (χ1n) is 6.30. The second-order valence-electron chi connectivity index (χ2n) is 4.37. The lowest BCUT2D eigenvalue weighted by molar-refractivity contribution is 0.0957. The van der Waals surface area contributed by atoms with Gasteiger partial charge in [0.05, 0.1) is 10.0 Å². The van der Waals surface area contributed by atoms with Gasteiger partial charge in [0.2, 0.25) is 0 Å². The Bertz CT molecular complexity index is 821. The minimum atomic E-state index is -0.210. The van der Waals surface area contributed by atoms with Crippen LogP contribution in [-0.2, 0) is 0 Å². The average Bonchev–Trinajstić information content (AvgIpc) is 2.92. The molecule has 21 heavy (non-hydrogen) atoms. The van der Waals surface area contributed by atoms with Gasteiger partial charge in [-0.3, -0.25) is 4.79 Å². The van der Waals surface area contributed by atoms with E-state index >= 15 is 0 Å². The summed E-state index contributed by atoms with van der Waals surface area (Å²) in [6.07, 6.45) is 1.64. The monoisotopic (exact) mass is 358 g/mol. The number of hydrogen-bond donors (Lipinski definition) is 1. The molecule has 0 spiro atoms. The van der Waals surface area contributed by atoms with Crippen LogP contribution < -0.4 is 5.43 Å². The third kappa shape index (κ3) is 3.20. The number of nitrogens with one attached hydrogen (secondary N) is 1. The van der Waals surface area contributed by atoms with Crippen molar-refractivity contribution in [1.82, 2.24) is 5.43 Å². The molecule has 0 fully saturated rings. The molecule has 3 rings (SSSR count). The summed E-state index contributed by atoms with van der Waals surface area (Å²) in [4.78, 5) is 13.2. The Labute approximate surface area is 134 Å². The molecule has 0 aliphatic rings. The Morgan fingerprint density at radius 2 is 1.90 bits per heavy atom. The normalized spacial score (nSPS) is 11.1. The molecule has 1 aromatic heterocycles. The van der Waals surface area contributed by atoms with Crippen LogP contribution >= 0.6 is 27.3 Å². The predicted octanol–water partition coefficient (Wildman–Crippen LogP) is 4.43. The van der Waals surface area contributed by atoms with E-state index in [0.717, 1.165) is 19.4 Å². The van der Waals surface area contributed by atoms with Crippen LogP contribution in [0.3, 0.4) is 0 Å². The number of carbonyl (C=O) groups excluding carboxylic acids is 1. The highest BCUT2D eigenvalue weighted by molar-refractivity contribution is 9.11. The molecule has 3 aromatic rings. The van der Waals surface area contributed by atoms with Crippen molar-refractivity contribution in [2.75, 3.05) is 0 Å². The first-order valence-corrected chi connectivity index (χ1v) is 7.91. The van der Waals surface area contributed by atoms with Gasteiger partial charge in [0.1, 0.15) is 0 Å². The van der Waals surface area contributed by atoms with Gasteiger partial charge in [-0.1, -0.05) is 36.4 Å². The van der Waals surface area contributed by atoms with Crippen molar-refractivity contribution in [1.29, 1.82) is 0 Å². The van der Waals surface area contributed by atoms with Crippen molar-refractivity contribution in [3.05, 3.63) is 68.8 Å². The Hall–Kier alpha value is -1.98. The minimum Gasteiger partial charge on any atom is -0.267 e. The van der Waals surface area contributed by atoms with E-state index in [1.165, 1.54) is 0 Å². The number of amides is 1. The molecule has 0 radical (unpaired) electrons. The van der Waals surface area contributed by atoms with Gasteiger partial charge in [-0.15, -0.1) is 11.3 Å². The van der Waals surface area contributed by atoms with Crippen LogP contribution in [0.1, 0.15) is 15.2 Å². The van der Waals surface area contributed by atoms with E-state index in [-0.39, 0.29) is 5.91 Å². The standard InChI is InChI=1S/C16H11BrN2OS/c17-15-9-8-12(21-15)10-18-19-16(20)14-7-3-5-11-4-1-2-6-13(11)14/h1-10H,(H,19,20)/b18-10-. The van der Waals surface area contributed by atoms with Crippen LogP contribution in [-0.4, -0.2) is 12.1 Å². The maximum absolute atomic E-state index is 12.2. The number of hydrazone groups is 1. The first kappa shape index (κ1) is 14.0. The van der Waals surface area contributed by atoms with Crippen molar-refractivity contribution in [2.24, 2.45) is 5.10 Å². The van der Waals surface area contributed by atoms with E-state index < -0.39 is 0 Å². The molecule has 0 aliphatic carbocycles. The van der Waals surface area contributed by atoms with Crippen LogP contribution in [0.2, 0.25) is 0 Å². The molecule has 1 N–H and O–H groups in total. The number of nitrogens with zero attached hydrogens (tertiary/aromatic N) is 1. The molecule has 104 valence electrons. The topological polar surface area (TPSA) is 41.5 Å². The van der Waals surface area contributed by atoms with E-state index in [2.05, 4.69) is 26.5 Å². The molecule has 3 nitrogen and oxygen atoms in total. The third-order valence-electron chi connectivity index (χ3n) is 2.99. The Kier molecular flexibility index (Phi) is 4.13. The summed E-state index contributed by atoms with van der Waals surface area (Å²) in [6, 6.07) is 17.3. The van der Waals surface area contributed by atoms with Gasteiger partial charge in [-0.05, 0) is 44.9 Å². The minimum absolute atomic E-state index is 0.210. The number of thiophene rings is 1. The molecule has 2 aromatic carbocycles. The number of benzene rings is 2. The zero-order valence-electron chi connectivity index (χ0n) is 10.9. The van der Waals surface area contributed by atoms with Crippen LogP contribution in [0.4, 0.5) is 0 Å². The molecule has 0 bridgehead atoms. The SMILES string of the molecule is O=C(N/N=C\c1ccc(Br)s1)c1cccc2ccccc12. The Balaban J connectivity index is 1.80. The van der Waals surface area contributed by atoms with Crippen molar-refractivity contribution in [3.8, 4) is 0 Å². The Morgan fingerprint density at radius 3 is 2.71 bits per heavy atom. The quantitative estimate of drug-likeness (QED) is 0.546. The van der Waals surface area contributed by atoms with Crippen LogP contribution in [0, 0.1) is 0 Å². The summed E-state index contributed by atoms with van der Waals surface area (Å²) in [7, 11) is 0. The van der Waals surface area contributed by atoms with Crippen molar-refractivity contribution in [2.45, 2.75) is 0 Å². The van der Waals surface area contributed by atoms with Gasteiger partial charge in [0, 0.05) is 10.4 Å². The zero-order chi connectivity index (χ0) is 14.7. The summed E-state index contributed by atoms with van der Waals surface area (Å²) < 4.78 is 1.03. The number of rotatable bonds is 3. The highest BCUT2D eigenvalue weighted by Crippen LogP contribution is 2.20. The highest BCUT2D eigenvalue weighted by Gasteiger charge is 2.08. The molecular formula is C16H11BrN2OS. The second kappa shape index (κ2) is 6.20. The predicted molar refractivity (Wildman–Crippen MR) is 91.0 cm³/mol. The lowest BCUT2D eigenvalue weighted by atomic mass is 10.0. The number of halogens is 1. The van der Waals surface area contributed by atoms with Gasteiger partial charge in [0.15, 0.2) is 0 Å². The molecule has 0 saturated heterocycles. The zero-order valence-corrected chi connectivity index (χ0v) is 13.3. The fourth-order valence-corrected chi connectivity index (χ4v) is 3.33. The van der Waals surface area contributed by atoms with Crippen LogP contribution in [0.15, 0.2) is 63.5 Å². The van der Waals surface area contributed by atoms with E-state index in [0.29, 0.717) is 5.56 Å². The first-order chi connectivity index (χ1) is 10.2. The maximum Gasteiger partial charge on any atom is 0.271 e. The molecule has 0 unspecified atom stereocenters. The van der Waals surface area contributed by atoms with Crippen LogP contribution in [0.5, 0.6) is 0 Å². The van der Waals surface area contributed by atoms with Gasteiger partial charge < -0.3 is 0 Å². The van der Waals surface area contributed by atoms with Crippen molar-refractivity contribution >= 4 is 50.2 Å². The van der Waals surface area contributed by atoms with Crippen molar-refractivity contribution < 1.29 is 4.79 Å². The van der Waals surface area contributed by atoms with Crippen LogP contribution in [0.25, 0.3) is 10.8 Å². The van der Waals surface area contributed by atoms with Crippen molar-refractivity contribution in [3.63, 3.8) is 0 Å². The van der Waals surface area contributed by atoms with Gasteiger partial charge in [0.25, 0.3) is 5.91 Å². The molecule has 0 saturated carbocycles. The van der Waals surface area contributed by atoms with E-state index in [4.69, 9.17) is 0 Å². The maximum atomic E-state index is 12.2.